The number of thiocarbonyl (C=S) groups is 1. The molecule has 0 unspecified atom stereocenters. The van der Waals surface area contributed by atoms with Crippen molar-refractivity contribution in [2.75, 3.05) is 19.0 Å². The van der Waals surface area contributed by atoms with Crippen molar-refractivity contribution in [3.05, 3.63) is 65.7 Å². The maximum absolute atomic E-state index is 12.0. The number of hydrogen-bond donors (Lipinski definition) is 3. The lowest BCUT2D eigenvalue weighted by atomic mass is 10.2. The van der Waals surface area contributed by atoms with E-state index in [1.165, 1.54) is 6.08 Å². The third-order valence-corrected chi connectivity index (χ3v) is 3.90. The smallest absolute Gasteiger partial charge is 0.251 e. The molecule has 2 aromatic rings. The molecule has 0 heterocycles. The standard InChI is InChI=1S/C21H23N3O3S/c1-3-13-22-20(26)16-5-4-6-17(14-16)23-21(28)24-19(25)12-9-15-7-10-18(27-2)11-8-15/h4-12,14H,3,13H2,1-2H3,(H,22,26)(H2,23,24,25,28)/b12-9+. The predicted octanol–water partition coefficient (Wildman–Crippen LogP) is 3.36. The first-order valence-corrected chi connectivity index (χ1v) is 9.25. The highest BCUT2D eigenvalue weighted by atomic mass is 32.1. The lowest BCUT2D eigenvalue weighted by molar-refractivity contribution is -0.115. The van der Waals surface area contributed by atoms with Crippen LogP contribution >= 0.6 is 12.2 Å². The van der Waals surface area contributed by atoms with E-state index in [4.69, 9.17) is 17.0 Å². The second-order valence-electron chi connectivity index (χ2n) is 5.89. The van der Waals surface area contributed by atoms with E-state index in [1.807, 2.05) is 31.2 Å². The van der Waals surface area contributed by atoms with Crippen molar-refractivity contribution in [1.29, 1.82) is 0 Å². The summed E-state index contributed by atoms with van der Waals surface area (Å²) < 4.78 is 5.09. The van der Waals surface area contributed by atoms with Crippen molar-refractivity contribution in [1.82, 2.24) is 10.6 Å². The van der Waals surface area contributed by atoms with Crippen molar-refractivity contribution in [2.45, 2.75) is 13.3 Å². The molecule has 146 valence electrons. The second-order valence-corrected chi connectivity index (χ2v) is 6.29. The van der Waals surface area contributed by atoms with Crippen LogP contribution in [-0.4, -0.2) is 30.6 Å². The first-order chi connectivity index (χ1) is 13.5. The molecule has 0 saturated heterocycles. The summed E-state index contributed by atoms with van der Waals surface area (Å²) in [5.74, 6) is 0.241. The minimum Gasteiger partial charge on any atom is -0.497 e. The minimum absolute atomic E-state index is 0.149. The molecule has 0 aromatic heterocycles. The van der Waals surface area contributed by atoms with Crippen molar-refractivity contribution in [2.24, 2.45) is 0 Å². The van der Waals surface area contributed by atoms with Gasteiger partial charge in [-0.3, -0.25) is 14.9 Å². The number of methoxy groups -OCH3 is 1. The number of nitrogens with one attached hydrogen (secondary N) is 3. The maximum Gasteiger partial charge on any atom is 0.251 e. The molecular formula is C21H23N3O3S. The molecule has 0 fully saturated rings. The summed E-state index contributed by atoms with van der Waals surface area (Å²) in [6.07, 6.45) is 3.93. The molecule has 2 aromatic carbocycles. The molecule has 2 amide bonds. The number of benzene rings is 2. The summed E-state index contributed by atoms with van der Waals surface area (Å²) in [6, 6.07) is 14.2. The molecule has 0 bridgehead atoms. The Morgan fingerprint density at radius 2 is 1.89 bits per heavy atom. The average Bonchev–Trinajstić information content (AvgIpc) is 2.71. The molecule has 0 aliphatic heterocycles. The topological polar surface area (TPSA) is 79.5 Å². The fourth-order valence-corrected chi connectivity index (χ4v) is 2.50. The summed E-state index contributed by atoms with van der Waals surface area (Å²) in [5, 5.41) is 8.44. The number of amides is 2. The Bertz CT molecular complexity index is 863. The third kappa shape index (κ3) is 6.85. The zero-order chi connectivity index (χ0) is 20.4. The van der Waals surface area contributed by atoms with Crippen LogP contribution in [0.25, 0.3) is 6.08 Å². The number of hydrogen-bond acceptors (Lipinski definition) is 4. The zero-order valence-electron chi connectivity index (χ0n) is 15.8. The van der Waals surface area contributed by atoms with Crippen LogP contribution in [0.15, 0.2) is 54.6 Å². The van der Waals surface area contributed by atoms with Gasteiger partial charge in [-0.15, -0.1) is 0 Å². The molecular weight excluding hydrogens is 374 g/mol. The number of ether oxygens (including phenoxy) is 1. The van der Waals surface area contributed by atoms with Crippen molar-refractivity contribution in [3.63, 3.8) is 0 Å². The van der Waals surface area contributed by atoms with Gasteiger partial charge in [0.1, 0.15) is 5.75 Å². The Hall–Kier alpha value is -3.19. The van der Waals surface area contributed by atoms with E-state index in [9.17, 15) is 9.59 Å². The van der Waals surface area contributed by atoms with Gasteiger partial charge in [-0.25, -0.2) is 0 Å². The molecule has 3 N–H and O–H groups in total. The fourth-order valence-electron chi connectivity index (χ4n) is 2.28. The molecule has 2 rings (SSSR count). The van der Waals surface area contributed by atoms with E-state index in [0.29, 0.717) is 17.8 Å². The van der Waals surface area contributed by atoms with Crippen LogP contribution in [0.1, 0.15) is 29.3 Å². The van der Waals surface area contributed by atoms with Crippen LogP contribution in [0.2, 0.25) is 0 Å². The lowest BCUT2D eigenvalue weighted by Gasteiger charge is -2.10. The summed E-state index contributed by atoms with van der Waals surface area (Å²) >= 11 is 5.16. The van der Waals surface area contributed by atoms with E-state index < -0.39 is 0 Å². The van der Waals surface area contributed by atoms with Gasteiger partial charge < -0.3 is 15.4 Å². The number of carbonyl (C=O) groups excluding carboxylic acids is 2. The number of carbonyl (C=O) groups is 2. The molecule has 0 aliphatic rings. The molecule has 28 heavy (non-hydrogen) atoms. The Kier molecular flexibility index (Phi) is 8.17. The summed E-state index contributed by atoms with van der Waals surface area (Å²) in [7, 11) is 1.60. The normalized spacial score (nSPS) is 10.4. The monoisotopic (exact) mass is 397 g/mol. The van der Waals surface area contributed by atoms with Gasteiger partial charge >= 0.3 is 0 Å². The van der Waals surface area contributed by atoms with E-state index in [2.05, 4.69) is 16.0 Å². The third-order valence-electron chi connectivity index (χ3n) is 3.70. The van der Waals surface area contributed by atoms with Crippen LogP contribution in [0.4, 0.5) is 5.69 Å². The van der Waals surface area contributed by atoms with Crippen LogP contribution in [0.3, 0.4) is 0 Å². The van der Waals surface area contributed by atoms with Crippen LogP contribution in [-0.2, 0) is 4.79 Å². The minimum atomic E-state index is -0.356. The maximum atomic E-state index is 12.0. The SMILES string of the molecule is CCCNC(=O)c1cccc(NC(=S)NC(=O)/C=C/c2ccc(OC)cc2)c1. The average molecular weight is 398 g/mol. The van der Waals surface area contributed by atoms with Crippen LogP contribution in [0.5, 0.6) is 5.75 Å². The van der Waals surface area contributed by atoms with Gasteiger partial charge in [0.05, 0.1) is 7.11 Å². The molecule has 0 saturated carbocycles. The van der Waals surface area contributed by atoms with Gasteiger partial charge in [0.25, 0.3) is 5.91 Å². The van der Waals surface area contributed by atoms with Gasteiger partial charge in [0.15, 0.2) is 5.11 Å². The predicted molar refractivity (Wildman–Crippen MR) is 115 cm³/mol. The fraction of sp³-hybridized carbons (Fsp3) is 0.190. The Balaban J connectivity index is 1.89. The number of rotatable bonds is 7. The quantitative estimate of drug-likeness (QED) is 0.493. The zero-order valence-corrected chi connectivity index (χ0v) is 16.6. The molecule has 0 spiro atoms. The highest BCUT2D eigenvalue weighted by molar-refractivity contribution is 7.80. The molecule has 6 nitrogen and oxygen atoms in total. The summed E-state index contributed by atoms with van der Waals surface area (Å²) in [6.45, 7) is 2.61. The molecule has 0 aliphatic carbocycles. The van der Waals surface area contributed by atoms with E-state index >= 15 is 0 Å². The highest BCUT2D eigenvalue weighted by Crippen LogP contribution is 2.12. The molecule has 0 radical (unpaired) electrons. The van der Waals surface area contributed by atoms with Crippen molar-refractivity contribution < 1.29 is 14.3 Å². The summed E-state index contributed by atoms with van der Waals surface area (Å²) in [5.41, 5.74) is 2.00. The Labute approximate surface area is 170 Å². The Morgan fingerprint density at radius 3 is 2.57 bits per heavy atom. The summed E-state index contributed by atoms with van der Waals surface area (Å²) in [4.78, 5) is 24.0. The van der Waals surface area contributed by atoms with Crippen LogP contribution in [0, 0.1) is 0 Å². The first kappa shape index (κ1) is 21.1. The Morgan fingerprint density at radius 1 is 1.14 bits per heavy atom. The van der Waals surface area contributed by atoms with Crippen molar-refractivity contribution >= 4 is 40.9 Å². The van der Waals surface area contributed by atoms with Gasteiger partial charge in [0.2, 0.25) is 5.91 Å². The van der Waals surface area contributed by atoms with Gasteiger partial charge in [-0.2, -0.15) is 0 Å². The largest absolute Gasteiger partial charge is 0.497 e. The van der Waals surface area contributed by atoms with Gasteiger partial charge in [-0.1, -0.05) is 25.1 Å². The van der Waals surface area contributed by atoms with E-state index in [0.717, 1.165) is 17.7 Å². The van der Waals surface area contributed by atoms with E-state index in [1.54, 1.807) is 37.5 Å². The second kappa shape index (κ2) is 10.8. The van der Waals surface area contributed by atoms with E-state index in [-0.39, 0.29) is 16.9 Å². The van der Waals surface area contributed by atoms with Crippen molar-refractivity contribution in [3.8, 4) is 5.75 Å². The first-order valence-electron chi connectivity index (χ1n) is 8.84. The number of anilines is 1. The van der Waals surface area contributed by atoms with Gasteiger partial charge in [0, 0.05) is 23.9 Å². The lowest BCUT2D eigenvalue weighted by Crippen LogP contribution is -2.33. The highest BCUT2D eigenvalue weighted by Gasteiger charge is 2.07. The molecule has 0 atom stereocenters. The molecule has 7 heteroatoms. The van der Waals surface area contributed by atoms with Crippen LogP contribution < -0.4 is 20.7 Å². The van der Waals surface area contributed by atoms with Gasteiger partial charge in [-0.05, 0) is 60.6 Å².